The van der Waals surface area contributed by atoms with Crippen molar-refractivity contribution in [3.63, 3.8) is 0 Å². The maximum absolute atomic E-state index is 12.6. The van der Waals surface area contributed by atoms with Crippen molar-refractivity contribution in [1.82, 2.24) is 10.2 Å². The van der Waals surface area contributed by atoms with Gasteiger partial charge in [0.15, 0.2) is 0 Å². The number of ether oxygens (including phenoxy) is 1. The Morgan fingerprint density at radius 3 is 2.50 bits per heavy atom. The van der Waals surface area contributed by atoms with Crippen molar-refractivity contribution in [3.8, 4) is 5.75 Å². The smallest absolute Gasteiger partial charge is 0.294 e. The van der Waals surface area contributed by atoms with Crippen LogP contribution in [0.15, 0.2) is 59.5 Å². The highest BCUT2D eigenvalue weighted by atomic mass is 32.2. The van der Waals surface area contributed by atoms with Crippen LogP contribution in [0.4, 0.5) is 4.79 Å². The van der Waals surface area contributed by atoms with E-state index >= 15 is 0 Å². The van der Waals surface area contributed by atoms with Gasteiger partial charge in [-0.1, -0.05) is 42.5 Å². The van der Waals surface area contributed by atoms with Crippen LogP contribution in [0.1, 0.15) is 11.1 Å². The van der Waals surface area contributed by atoms with Gasteiger partial charge in [0.2, 0.25) is 5.91 Å². The average molecular weight is 426 g/mol. The maximum atomic E-state index is 12.6. The molecule has 1 aliphatic rings. The third-order valence-electron chi connectivity index (χ3n) is 4.50. The summed E-state index contributed by atoms with van der Waals surface area (Å²) in [4.78, 5) is 38.4. The molecule has 0 spiro atoms. The first-order chi connectivity index (χ1) is 14.5. The first kappa shape index (κ1) is 21.6. The zero-order valence-corrected chi connectivity index (χ0v) is 17.2. The quantitative estimate of drug-likeness (QED) is 0.630. The number of hydrogen-bond donors (Lipinski definition) is 2. The van der Waals surface area contributed by atoms with Crippen LogP contribution in [-0.2, 0) is 16.0 Å². The number of imide groups is 1. The summed E-state index contributed by atoms with van der Waals surface area (Å²) in [6.07, 6.45) is 2.05. The molecule has 1 aliphatic heterocycles. The predicted molar refractivity (Wildman–Crippen MR) is 115 cm³/mol. The zero-order valence-electron chi connectivity index (χ0n) is 16.4. The van der Waals surface area contributed by atoms with Crippen molar-refractivity contribution >= 4 is 34.9 Å². The Bertz CT molecular complexity index is 944. The van der Waals surface area contributed by atoms with Gasteiger partial charge < -0.3 is 15.2 Å². The molecule has 0 aromatic heterocycles. The molecule has 2 aromatic rings. The number of aliphatic hydroxyl groups excluding tert-OH is 1. The van der Waals surface area contributed by atoms with E-state index in [4.69, 9.17) is 4.74 Å². The summed E-state index contributed by atoms with van der Waals surface area (Å²) < 4.78 is 5.10. The number of benzene rings is 2. The highest BCUT2D eigenvalue weighted by Crippen LogP contribution is 2.32. The molecule has 0 saturated carbocycles. The van der Waals surface area contributed by atoms with Crippen molar-refractivity contribution in [3.05, 3.63) is 70.6 Å². The summed E-state index contributed by atoms with van der Waals surface area (Å²) in [6, 6.07) is 16.0. The fourth-order valence-electron chi connectivity index (χ4n) is 2.96. The van der Waals surface area contributed by atoms with E-state index in [9.17, 15) is 19.5 Å². The van der Waals surface area contributed by atoms with Gasteiger partial charge in [0, 0.05) is 0 Å². The summed E-state index contributed by atoms with van der Waals surface area (Å²) in [5.74, 6) is -0.330. The number of amides is 3. The van der Waals surface area contributed by atoms with E-state index in [1.54, 1.807) is 37.5 Å². The lowest BCUT2D eigenvalue weighted by Crippen LogP contribution is -2.45. The third kappa shape index (κ3) is 5.49. The molecule has 30 heavy (non-hydrogen) atoms. The number of aliphatic hydroxyl groups is 1. The van der Waals surface area contributed by atoms with Crippen LogP contribution in [0.2, 0.25) is 0 Å². The van der Waals surface area contributed by atoms with E-state index in [-0.39, 0.29) is 11.5 Å². The summed E-state index contributed by atoms with van der Waals surface area (Å²) in [7, 11) is 1.56. The Morgan fingerprint density at radius 1 is 1.17 bits per heavy atom. The van der Waals surface area contributed by atoms with E-state index < -0.39 is 29.6 Å². The zero-order chi connectivity index (χ0) is 21.5. The van der Waals surface area contributed by atoms with Crippen molar-refractivity contribution in [2.24, 2.45) is 0 Å². The lowest BCUT2D eigenvalue weighted by molar-refractivity contribution is -0.129. The fourth-order valence-corrected chi connectivity index (χ4v) is 3.80. The Morgan fingerprint density at radius 2 is 1.87 bits per heavy atom. The van der Waals surface area contributed by atoms with Crippen molar-refractivity contribution in [1.29, 1.82) is 0 Å². The molecular formula is C22H22N2O5S. The average Bonchev–Trinajstić information content (AvgIpc) is 3.01. The van der Waals surface area contributed by atoms with Gasteiger partial charge in [-0.3, -0.25) is 19.3 Å². The standard InChI is InChI=1S/C22H22N2O5S/c1-29-18-9-7-16(8-10-18)12-19-21(27)24(22(28)30-19)13-20(26)23-17(14-25)11-15-5-3-2-4-6-15/h2-10,12,17,25H,11,13-14H2,1H3,(H,23,26)/b19-12-/t17-/m1/s1. The molecule has 0 unspecified atom stereocenters. The number of rotatable bonds is 8. The second kappa shape index (κ2) is 10.1. The molecule has 3 rings (SSSR count). The second-order valence-electron chi connectivity index (χ2n) is 6.68. The first-order valence-corrected chi connectivity index (χ1v) is 10.2. The number of nitrogens with one attached hydrogen (secondary N) is 1. The Kier molecular flexibility index (Phi) is 7.26. The van der Waals surface area contributed by atoms with Crippen LogP contribution in [0.3, 0.4) is 0 Å². The molecule has 0 aliphatic carbocycles. The van der Waals surface area contributed by atoms with Crippen LogP contribution < -0.4 is 10.1 Å². The number of carbonyl (C=O) groups is 3. The molecule has 2 N–H and O–H groups in total. The van der Waals surface area contributed by atoms with Crippen LogP contribution >= 0.6 is 11.8 Å². The van der Waals surface area contributed by atoms with Crippen LogP contribution in [-0.4, -0.2) is 53.4 Å². The van der Waals surface area contributed by atoms with Crippen molar-refractivity contribution in [2.75, 3.05) is 20.3 Å². The number of hydrogen-bond acceptors (Lipinski definition) is 6. The molecule has 8 heteroatoms. The highest BCUT2D eigenvalue weighted by Gasteiger charge is 2.36. The molecule has 0 radical (unpaired) electrons. The topological polar surface area (TPSA) is 95.9 Å². The molecule has 0 bridgehead atoms. The molecule has 156 valence electrons. The second-order valence-corrected chi connectivity index (χ2v) is 7.67. The Hall–Kier alpha value is -3.10. The van der Waals surface area contributed by atoms with Gasteiger partial charge >= 0.3 is 0 Å². The summed E-state index contributed by atoms with van der Waals surface area (Å²) in [6.45, 7) is -0.643. The summed E-state index contributed by atoms with van der Waals surface area (Å²) >= 11 is 0.794. The predicted octanol–water partition coefficient (Wildman–Crippen LogP) is 2.45. The highest BCUT2D eigenvalue weighted by molar-refractivity contribution is 8.18. The molecule has 3 amide bonds. The Labute approximate surface area is 178 Å². The van der Waals surface area contributed by atoms with E-state index in [0.717, 1.165) is 27.8 Å². The SMILES string of the molecule is COc1ccc(/C=C2\SC(=O)N(CC(=O)N[C@@H](CO)Cc3ccccc3)C2=O)cc1. The van der Waals surface area contributed by atoms with Crippen LogP contribution in [0.25, 0.3) is 6.08 Å². The van der Waals surface area contributed by atoms with Gasteiger partial charge in [-0.25, -0.2) is 0 Å². The van der Waals surface area contributed by atoms with Gasteiger partial charge in [-0.15, -0.1) is 0 Å². The lowest BCUT2D eigenvalue weighted by atomic mass is 10.1. The van der Waals surface area contributed by atoms with E-state index in [0.29, 0.717) is 12.2 Å². The van der Waals surface area contributed by atoms with Crippen molar-refractivity contribution in [2.45, 2.75) is 12.5 Å². The molecule has 1 atom stereocenters. The van der Waals surface area contributed by atoms with Crippen molar-refractivity contribution < 1.29 is 24.2 Å². The van der Waals surface area contributed by atoms with E-state index in [1.807, 2.05) is 30.3 Å². The minimum atomic E-state index is -0.514. The van der Waals surface area contributed by atoms with Gasteiger partial charge in [-0.2, -0.15) is 0 Å². The third-order valence-corrected chi connectivity index (χ3v) is 5.41. The molecule has 2 aromatic carbocycles. The van der Waals surface area contributed by atoms with Gasteiger partial charge in [0.05, 0.1) is 24.7 Å². The van der Waals surface area contributed by atoms with E-state index in [1.165, 1.54) is 0 Å². The van der Waals surface area contributed by atoms with Gasteiger partial charge in [0.25, 0.3) is 11.1 Å². The molecule has 1 fully saturated rings. The van der Waals surface area contributed by atoms with Crippen LogP contribution in [0.5, 0.6) is 5.75 Å². The summed E-state index contributed by atoms with van der Waals surface area (Å²) in [5, 5.41) is 11.7. The molecule has 1 saturated heterocycles. The van der Waals surface area contributed by atoms with Gasteiger partial charge in [-0.05, 0) is 47.5 Å². The number of methoxy groups -OCH3 is 1. The van der Waals surface area contributed by atoms with Crippen LogP contribution in [0, 0.1) is 0 Å². The minimum Gasteiger partial charge on any atom is -0.497 e. The number of thioether (sulfide) groups is 1. The lowest BCUT2D eigenvalue weighted by Gasteiger charge is -2.18. The number of carbonyl (C=O) groups excluding carboxylic acids is 3. The normalized spacial score (nSPS) is 16.1. The van der Waals surface area contributed by atoms with Gasteiger partial charge in [0.1, 0.15) is 12.3 Å². The monoisotopic (exact) mass is 426 g/mol. The summed E-state index contributed by atoms with van der Waals surface area (Å²) in [5.41, 5.74) is 1.71. The Balaban J connectivity index is 1.61. The van der Waals surface area contributed by atoms with E-state index in [2.05, 4.69) is 5.32 Å². The fraction of sp³-hybridized carbons (Fsp3) is 0.227. The maximum Gasteiger partial charge on any atom is 0.294 e. The largest absolute Gasteiger partial charge is 0.497 e. The number of nitrogens with zero attached hydrogens (tertiary/aromatic N) is 1. The molecule has 7 nitrogen and oxygen atoms in total. The minimum absolute atomic E-state index is 0.250. The molecule has 1 heterocycles. The first-order valence-electron chi connectivity index (χ1n) is 9.33. The molecular weight excluding hydrogens is 404 g/mol.